The number of unbranched alkanes of at least 4 members (excludes halogenated alkanes) is 1. The molecule has 26 heavy (non-hydrogen) atoms. The lowest BCUT2D eigenvalue weighted by Gasteiger charge is -2.21. The van der Waals surface area contributed by atoms with Crippen molar-refractivity contribution in [3.05, 3.63) is 35.9 Å². The molecule has 1 aromatic carbocycles. The number of alkyl carbamates (subject to hydrolysis) is 1. The molecule has 0 radical (unpaired) electrons. The Bertz CT molecular complexity index is 577. The zero-order chi connectivity index (χ0) is 19.4. The molecule has 0 aliphatic carbocycles. The molecule has 0 heterocycles. The van der Waals surface area contributed by atoms with Crippen molar-refractivity contribution in [2.45, 2.75) is 64.6 Å². The third kappa shape index (κ3) is 8.00. The second-order valence-electron chi connectivity index (χ2n) is 6.09. The number of ether oxygens (including phenoxy) is 1. The molecule has 7 nitrogen and oxygen atoms in total. The van der Waals surface area contributed by atoms with Gasteiger partial charge in [-0.25, -0.2) is 9.59 Å². The minimum absolute atomic E-state index is 0.0986. The van der Waals surface area contributed by atoms with Crippen LogP contribution in [0.25, 0.3) is 0 Å². The summed E-state index contributed by atoms with van der Waals surface area (Å²) < 4.78 is 5.13. The van der Waals surface area contributed by atoms with Gasteiger partial charge in [-0.15, -0.1) is 0 Å². The van der Waals surface area contributed by atoms with E-state index < -0.39 is 30.1 Å². The predicted molar refractivity (Wildman–Crippen MR) is 97.6 cm³/mol. The van der Waals surface area contributed by atoms with Crippen LogP contribution in [0.1, 0.15) is 51.5 Å². The van der Waals surface area contributed by atoms with Gasteiger partial charge in [-0.3, -0.25) is 4.79 Å². The van der Waals surface area contributed by atoms with Crippen molar-refractivity contribution < 1.29 is 24.2 Å². The summed E-state index contributed by atoms with van der Waals surface area (Å²) in [6.45, 7) is 3.93. The van der Waals surface area contributed by atoms with E-state index in [0.29, 0.717) is 25.7 Å². The molecule has 0 spiro atoms. The number of aliphatic carboxylic acids is 1. The lowest BCUT2D eigenvalue weighted by molar-refractivity contribution is -0.142. The molecule has 3 N–H and O–H groups in total. The van der Waals surface area contributed by atoms with E-state index in [2.05, 4.69) is 10.6 Å². The maximum Gasteiger partial charge on any atom is 0.408 e. The Balaban J connectivity index is 2.57. The Kier molecular flexibility index (Phi) is 9.82. The molecule has 1 aromatic rings. The van der Waals surface area contributed by atoms with E-state index in [1.54, 1.807) is 0 Å². The van der Waals surface area contributed by atoms with Crippen LogP contribution < -0.4 is 10.6 Å². The fourth-order valence-electron chi connectivity index (χ4n) is 2.40. The maximum absolute atomic E-state index is 12.4. The molecular weight excluding hydrogens is 336 g/mol. The maximum atomic E-state index is 12.4. The minimum atomic E-state index is -1.08. The number of carboxylic acids is 1. The summed E-state index contributed by atoms with van der Waals surface area (Å²) in [5, 5.41) is 14.3. The molecule has 2 atom stereocenters. The second kappa shape index (κ2) is 11.9. The van der Waals surface area contributed by atoms with E-state index in [4.69, 9.17) is 4.74 Å². The van der Waals surface area contributed by atoms with Crippen molar-refractivity contribution in [2.75, 3.05) is 0 Å². The lowest BCUT2D eigenvalue weighted by Crippen LogP contribution is -2.51. The number of nitrogens with one attached hydrogen (secondary N) is 2. The van der Waals surface area contributed by atoms with Crippen LogP contribution in [-0.2, 0) is 20.9 Å². The van der Waals surface area contributed by atoms with E-state index in [-0.39, 0.29) is 6.61 Å². The highest BCUT2D eigenvalue weighted by Gasteiger charge is 2.26. The van der Waals surface area contributed by atoms with Crippen LogP contribution in [0, 0.1) is 0 Å². The molecule has 0 unspecified atom stereocenters. The van der Waals surface area contributed by atoms with Gasteiger partial charge in [0, 0.05) is 0 Å². The molecule has 0 fully saturated rings. The average molecular weight is 364 g/mol. The molecule has 1 rings (SSSR count). The Morgan fingerprint density at radius 3 is 2.27 bits per heavy atom. The van der Waals surface area contributed by atoms with E-state index in [1.807, 2.05) is 44.2 Å². The Morgan fingerprint density at radius 1 is 1.00 bits per heavy atom. The number of hydrogen-bond donors (Lipinski definition) is 3. The molecule has 2 amide bonds. The van der Waals surface area contributed by atoms with Crippen molar-refractivity contribution in [1.29, 1.82) is 0 Å². The minimum Gasteiger partial charge on any atom is -0.480 e. The van der Waals surface area contributed by atoms with Crippen LogP contribution in [0.5, 0.6) is 0 Å². The van der Waals surface area contributed by atoms with Crippen LogP contribution in [0.15, 0.2) is 30.3 Å². The molecule has 0 bridgehead atoms. The van der Waals surface area contributed by atoms with Crippen LogP contribution in [0.2, 0.25) is 0 Å². The summed E-state index contributed by atoms with van der Waals surface area (Å²) in [5.41, 5.74) is 0.838. The van der Waals surface area contributed by atoms with Crippen LogP contribution in [0.3, 0.4) is 0 Å². The topological polar surface area (TPSA) is 105 Å². The first-order valence-corrected chi connectivity index (χ1v) is 8.98. The zero-order valence-electron chi connectivity index (χ0n) is 15.4. The zero-order valence-corrected chi connectivity index (χ0v) is 15.4. The van der Waals surface area contributed by atoms with Crippen molar-refractivity contribution in [3.63, 3.8) is 0 Å². The summed E-state index contributed by atoms with van der Waals surface area (Å²) in [4.78, 5) is 35.6. The summed E-state index contributed by atoms with van der Waals surface area (Å²) in [7, 11) is 0. The molecule has 0 aliphatic rings. The van der Waals surface area contributed by atoms with E-state index in [1.165, 1.54) is 0 Å². The largest absolute Gasteiger partial charge is 0.480 e. The molecule has 7 heteroatoms. The number of rotatable bonds is 11. The second-order valence-corrected chi connectivity index (χ2v) is 6.09. The van der Waals surface area contributed by atoms with E-state index >= 15 is 0 Å². The summed E-state index contributed by atoms with van der Waals surface area (Å²) >= 11 is 0. The van der Waals surface area contributed by atoms with Gasteiger partial charge in [-0.05, 0) is 18.4 Å². The van der Waals surface area contributed by atoms with Crippen molar-refractivity contribution in [2.24, 2.45) is 0 Å². The number of carbonyl (C=O) groups is 3. The lowest BCUT2D eigenvalue weighted by atomic mass is 10.1. The number of benzene rings is 1. The summed E-state index contributed by atoms with van der Waals surface area (Å²) in [5.74, 6) is -1.58. The van der Waals surface area contributed by atoms with Crippen LogP contribution in [0.4, 0.5) is 4.79 Å². The Hall–Kier alpha value is -2.57. The quantitative estimate of drug-likeness (QED) is 0.560. The van der Waals surface area contributed by atoms with Gasteiger partial charge >= 0.3 is 12.1 Å². The van der Waals surface area contributed by atoms with Crippen molar-refractivity contribution in [3.8, 4) is 0 Å². The van der Waals surface area contributed by atoms with Gasteiger partial charge in [0.25, 0.3) is 0 Å². The molecule has 0 aliphatic heterocycles. The normalized spacial score (nSPS) is 12.7. The number of carbonyl (C=O) groups excluding carboxylic acids is 2. The smallest absolute Gasteiger partial charge is 0.408 e. The first-order chi connectivity index (χ1) is 12.5. The van der Waals surface area contributed by atoms with Crippen molar-refractivity contribution in [1.82, 2.24) is 10.6 Å². The van der Waals surface area contributed by atoms with Gasteiger partial charge in [0.1, 0.15) is 18.7 Å². The number of amides is 2. The van der Waals surface area contributed by atoms with Gasteiger partial charge in [0.15, 0.2) is 0 Å². The Morgan fingerprint density at radius 2 is 1.69 bits per heavy atom. The highest BCUT2D eigenvalue weighted by atomic mass is 16.5. The van der Waals surface area contributed by atoms with Gasteiger partial charge in [-0.1, -0.05) is 63.4 Å². The third-order valence-electron chi connectivity index (χ3n) is 3.86. The molecule has 0 saturated carbocycles. The van der Waals surface area contributed by atoms with Gasteiger partial charge in [-0.2, -0.15) is 0 Å². The van der Waals surface area contributed by atoms with Crippen LogP contribution in [-0.4, -0.2) is 35.2 Å². The van der Waals surface area contributed by atoms with Crippen LogP contribution >= 0.6 is 0 Å². The van der Waals surface area contributed by atoms with Crippen molar-refractivity contribution >= 4 is 18.0 Å². The molecular formula is C19H28N2O5. The predicted octanol–water partition coefficient (Wildman–Crippen LogP) is 2.84. The average Bonchev–Trinajstić information content (AvgIpc) is 2.63. The number of carboxylic acid groups (broad SMARTS) is 1. The molecule has 0 aromatic heterocycles. The summed E-state index contributed by atoms with van der Waals surface area (Å²) in [6.07, 6.45) is 2.23. The summed E-state index contributed by atoms with van der Waals surface area (Å²) in [6, 6.07) is 7.42. The van der Waals surface area contributed by atoms with Gasteiger partial charge in [0.05, 0.1) is 0 Å². The number of hydrogen-bond acceptors (Lipinski definition) is 4. The fraction of sp³-hybridized carbons (Fsp3) is 0.526. The fourth-order valence-corrected chi connectivity index (χ4v) is 2.40. The van der Waals surface area contributed by atoms with E-state index in [9.17, 15) is 19.5 Å². The highest BCUT2D eigenvalue weighted by molar-refractivity contribution is 5.89. The standard InChI is InChI=1S/C19H28N2O5/c1-3-5-12-16(18(23)24)20-17(22)15(9-4-2)21-19(25)26-13-14-10-7-6-8-11-14/h6-8,10-11,15-16H,3-5,9,12-13H2,1-2H3,(H,20,22)(H,21,25)(H,23,24)/t15-,16+/m0/s1. The molecule has 144 valence electrons. The molecule has 0 saturated heterocycles. The van der Waals surface area contributed by atoms with Gasteiger partial charge < -0.3 is 20.5 Å². The first kappa shape index (κ1) is 21.5. The third-order valence-corrected chi connectivity index (χ3v) is 3.86. The SMILES string of the molecule is CCCC[C@@H](NC(=O)[C@H](CCC)NC(=O)OCc1ccccc1)C(=O)O. The monoisotopic (exact) mass is 364 g/mol. The van der Waals surface area contributed by atoms with E-state index in [0.717, 1.165) is 12.0 Å². The Labute approximate surface area is 154 Å². The van der Waals surface area contributed by atoms with Gasteiger partial charge in [0.2, 0.25) is 5.91 Å². The highest BCUT2D eigenvalue weighted by Crippen LogP contribution is 2.05. The first-order valence-electron chi connectivity index (χ1n) is 8.98.